The smallest absolute Gasteiger partial charge is 0.159 e. The average Bonchev–Trinajstić information content (AvgIpc) is 2.71. The van der Waals surface area contributed by atoms with E-state index < -0.39 is 11.6 Å². The van der Waals surface area contributed by atoms with E-state index in [0.29, 0.717) is 12.2 Å². The lowest BCUT2D eigenvalue weighted by Gasteiger charge is -2.38. The standard InChI is InChI=1S/C24H33F3/c25-16-4-2-1-3-5-18-6-8-19(9-7-18)20-10-12-21(13-11-20)22-14-15-23(26)24(27)17-22/h4,14-21H,1-3,5-13H2/b16-4+/t18-,19-,20-,21-. The van der Waals surface area contributed by atoms with Crippen molar-refractivity contribution in [2.45, 2.75) is 83.0 Å². The van der Waals surface area contributed by atoms with Gasteiger partial charge in [-0.1, -0.05) is 37.8 Å². The minimum atomic E-state index is -0.747. The van der Waals surface area contributed by atoms with Gasteiger partial charge in [-0.3, -0.25) is 0 Å². The highest BCUT2D eigenvalue weighted by Gasteiger charge is 2.31. The van der Waals surface area contributed by atoms with Crippen molar-refractivity contribution in [2.75, 3.05) is 0 Å². The molecule has 3 rings (SSSR count). The molecule has 150 valence electrons. The van der Waals surface area contributed by atoms with Crippen molar-refractivity contribution in [1.29, 1.82) is 0 Å². The summed E-state index contributed by atoms with van der Waals surface area (Å²) in [5.74, 6) is 1.49. The SMILES string of the molecule is F/C=C/CCCC[C@H]1CC[C@H]([C@H]2CC[C@H](c3ccc(F)c(F)c3)CC2)CC1. The lowest BCUT2D eigenvalue weighted by atomic mass is 9.68. The third kappa shape index (κ3) is 5.86. The van der Waals surface area contributed by atoms with Gasteiger partial charge in [-0.15, -0.1) is 0 Å². The summed E-state index contributed by atoms with van der Waals surface area (Å²) < 4.78 is 38.6. The quantitative estimate of drug-likeness (QED) is 0.421. The topological polar surface area (TPSA) is 0 Å². The summed E-state index contributed by atoms with van der Waals surface area (Å²) in [6, 6.07) is 4.43. The molecule has 0 atom stereocenters. The van der Waals surface area contributed by atoms with E-state index in [4.69, 9.17) is 0 Å². The highest BCUT2D eigenvalue weighted by atomic mass is 19.2. The molecule has 1 aromatic rings. The second kappa shape index (κ2) is 10.3. The molecule has 0 saturated heterocycles. The summed E-state index contributed by atoms with van der Waals surface area (Å²) in [6.45, 7) is 0. The van der Waals surface area contributed by atoms with E-state index in [9.17, 15) is 13.2 Å². The van der Waals surface area contributed by atoms with E-state index in [-0.39, 0.29) is 0 Å². The molecular weight excluding hydrogens is 345 g/mol. The molecule has 2 aliphatic carbocycles. The van der Waals surface area contributed by atoms with Gasteiger partial charge >= 0.3 is 0 Å². The Morgan fingerprint density at radius 3 is 2.11 bits per heavy atom. The van der Waals surface area contributed by atoms with Gasteiger partial charge in [-0.2, -0.15) is 0 Å². The number of allylic oxidation sites excluding steroid dienone is 1. The predicted molar refractivity (Wildman–Crippen MR) is 105 cm³/mol. The van der Waals surface area contributed by atoms with Crippen LogP contribution >= 0.6 is 0 Å². The molecule has 0 N–H and O–H groups in total. The minimum absolute atomic E-state index is 0.394. The van der Waals surface area contributed by atoms with E-state index >= 15 is 0 Å². The Kier molecular flexibility index (Phi) is 7.84. The number of unbranched alkanes of at least 4 members (excludes halogenated alkanes) is 2. The largest absolute Gasteiger partial charge is 0.216 e. The number of benzene rings is 1. The fourth-order valence-corrected chi connectivity index (χ4v) is 5.40. The molecule has 0 aromatic heterocycles. The minimum Gasteiger partial charge on any atom is -0.216 e. The second-order valence-corrected chi connectivity index (χ2v) is 8.71. The first-order valence-corrected chi connectivity index (χ1v) is 10.9. The molecule has 0 spiro atoms. The Hall–Kier alpha value is -1.25. The molecular formula is C24H33F3. The number of hydrogen-bond acceptors (Lipinski definition) is 0. The average molecular weight is 379 g/mol. The molecule has 0 unspecified atom stereocenters. The molecule has 0 nitrogen and oxygen atoms in total. The molecule has 2 fully saturated rings. The van der Waals surface area contributed by atoms with Crippen LogP contribution in [0.1, 0.15) is 88.5 Å². The lowest BCUT2D eigenvalue weighted by molar-refractivity contribution is 0.155. The van der Waals surface area contributed by atoms with Crippen LogP contribution < -0.4 is 0 Å². The monoisotopic (exact) mass is 378 g/mol. The molecule has 2 saturated carbocycles. The van der Waals surface area contributed by atoms with Crippen LogP contribution in [0.15, 0.2) is 30.6 Å². The summed E-state index contributed by atoms with van der Waals surface area (Å²) in [5.41, 5.74) is 0.971. The van der Waals surface area contributed by atoms with Crippen LogP contribution in [-0.4, -0.2) is 0 Å². The van der Waals surface area contributed by atoms with Gasteiger partial charge in [0, 0.05) is 0 Å². The van der Waals surface area contributed by atoms with Gasteiger partial charge in [0.1, 0.15) is 0 Å². The Labute approximate surface area is 162 Å². The first-order chi connectivity index (χ1) is 13.2. The third-order valence-corrected chi connectivity index (χ3v) is 7.07. The molecule has 0 bridgehead atoms. The van der Waals surface area contributed by atoms with Gasteiger partial charge in [-0.25, -0.2) is 13.2 Å². The van der Waals surface area contributed by atoms with Crippen LogP contribution in [-0.2, 0) is 0 Å². The molecule has 0 aliphatic heterocycles. The molecule has 1 aromatic carbocycles. The van der Waals surface area contributed by atoms with Crippen LogP contribution in [0.4, 0.5) is 13.2 Å². The summed E-state index contributed by atoms with van der Waals surface area (Å²) in [4.78, 5) is 0. The fraction of sp³-hybridized carbons (Fsp3) is 0.667. The van der Waals surface area contributed by atoms with Crippen LogP contribution in [0.2, 0.25) is 0 Å². The molecule has 27 heavy (non-hydrogen) atoms. The van der Waals surface area contributed by atoms with Crippen LogP contribution in [0.5, 0.6) is 0 Å². The van der Waals surface area contributed by atoms with Gasteiger partial charge < -0.3 is 0 Å². The van der Waals surface area contributed by atoms with E-state index in [1.807, 2.05) is 0 Å². The summed E-state index contributed by atoms with van der Waals surface area (Å²) in [5, 5.41) is 0. The maximum Gasteiger partial charge on any atom is 0.159 e. The summed E-state index contributed by atoms with van der Waals surface area (Å²) >= 11 is 0. The van der Waals surface area contributed by atoms with Crippen molar-refractivity contribution in [3.05, 3.63) is 47.8 Å². The van der Waals surface area contributed by atoms with E-state index in [2.05, 4.69) is 0 Å². The van der Waals surface area contributed by atoms with Crippen molar-refractivity contribution in [3.8, 4) is 0 Å². The number of rotatable bonds is 7. The van der Waals surface area contributed by atoms with E-state index in [0.717, 1.165) is 49.0 Å². The first-order valence-electron chi connectivity index (χ1n) is 10.9. The first kappa shape index (κ1) is 20.5. The zero-order chi connectivity index (χ0) is 19.1. The Bertz CT molecular complexity index is 594. The summed E-state index contributed by atoms with van der Waals surface area (Å²) in [7, 11) is 0. The number of halogens is 3. The van der Waals surface area contributed by atoms with Crippen LogP contribution in [0.25, 0.3) is 0 Å². The number of hydrogen-bond donors (Lipinski definition) is 0. The second-order valence-electron chi connectivity index (χ2n) is 8.71. The van der Waals surface area contributed by atoms with Crippen LogP contribution in [0.3, 0.4) is 0 Å². The van der Waals surface area contributed by atoms with Crippen molar-refractivity contribution in [2.24, 2.45) is 17.8 Å². The van der Waals surface area contributed by atoms with Crippen molar-refractivity contribution >= 4 is 0 Å². The van der Waals surface area contributed by atoms with Gasteiger partial charge in [0.25, 0.3) is 0 Å². The summed E-state index contributed by atoms with van der Waals surface area (Å²) in [6.07, 6.45) is 16.9. The maximum atomic E-state index is 13.5. The van der Waals surface area contributed by atoms with Crippen molar-refractivity contribution in [3.63, 3.8) is 0 Å². The molecule has 0 radical (unpaired) electrons. The van der Waals surface area contributed by atoms with E-state index in [1.165, 1.54) is 63.5 Å². The fourth-order valence-electron chi connectivity index (χ4n) is 5.40. The Balaban J connectivity index is 1.37. The van der Waals surface area contributed by atoms with E-state index in [1.54, 1.807) is 12.1 Å². The molecule has 0 heterocycles. The Morgan fingerprint density at radius 1 is 0.815 bits per heavy atom. The highest BCUT2D eigenvalue weighted by molar-refractivity contribution is 5.22. The maximum absolute atomic E-state index is 13.5. The molecule has 0 amide bonds. The molecule has 3 heteroatoms. The lowest BCUT2D eigenvalue weighted by Crippen LogP contribution is -2.25. The third-order valence-electron chi connectivity index (χ3n) is 7.07. The van der Waals surface area contributed by atoms with Crippen molar-refractivity contribution < 1.29 is 13.2 Å². The van der Waals surface area contributed by atoms with Gasteiger partial charge in [0.2, 0.25) is 0 Å². The van der Waals surface area contributed by atoms with Crippen LogP contribution in [0, 0.1) is 29.4 Å². The highest BCUT2D eigenvalue weighted by Crippen LogP contribution is 2.44. The van der Waals surface area contributed by atoms with Gasteiger partial charge in [0.05, 0.1) is 6.33 Å². The molecule has 2 aliphatic rings. The normalized spacial score (nSPS) is 29.3. The predicted octanol–water partition coefficient (Wildman–Crippen LogP) is 8.09. The van der Waals surface area contributed by atoms with Gasteiger partial charge in [0.15, 0.2) is 11.6 Å². The Morgan fingerprint density at radius 2 is 1.48 bits per heavy atom. The van der Waals surface area contributed by atoms with Crippen molar-refractivity contribution in [1.82, 2.24) is 0 Å². The van der Waals surface area contributed by atoms with Gasteiger partial charge in [-0.05, 0) is 92.7 Å². The zero-order valence-electron chi connectivity index (χ0n) is 16.3. The zero-order valence-corrected chi connectivity index (χ0v) is 16.3.